The van der Waals surface area contributed by atoms with Gasteiger partial charge in [-0.15, -0.1) is 0 Å². The minimum absolute atomic E-state index is 0.0283. The topological polar surface area (TPSA) is 110 Å². The van der Waals surface area contributed by atoms with Gasteiger partial charge in [0.1, 0.15) is 29.8 Å². The Kier molecular flexibility index (Phi) is 11.3. The summed E-state index contributed by atoms with van der Waals surface area (Å²) in [5, 5.41) is 8.22. The molecular weight excluding hydrogens is 651 g/mol. The molecule has 2 aromatic carbocycles. The minimum atomic E-state index is -4.56. The number of ether oxygens (including phenoxy) is 2. The van der Waals surface area contributed by atoms with E-state index in [1.807, 2.05) is 6.92 Å². The lowest BCUT2D eigenvalue weighted by Gasteiger charge is -2.44. The van der Waals surface area contributed by atoms with Gasteiger partial charge in [-0.1, -0.05) is 18.8 Å². The Morgan fingerprint density at radius 3 is 2.53 bits per heavy atom. The van der Waals surface area contributed by atoms with Crippen molar-refractivity contribution in [2.75, 3.05) is 51.8 Å². The SMILES string of the molecule is CCNC(=O)c1cc(OC)c(NCC#Cc2cc(C(=O)N[C@@H]3[C@@H](C)CN(C4CCOCC4)C[C@@H]3F)c3ncn(CC(F)(F)F)c3c2)cc1F. The van der Waals surface area contributed by atoms with Crippen LogP contribution in [0.15, 0.2) is 30.6 Å². The number of hydrogen-bond acceptors (Lipinski definition) is 7. The lowest BCUT2D eigenvalue weighted by Crippen LogP contribution is -2.59. The van der Waals surface area contributed by atoms with Crippen molar-refractivity contribution >= 4 is 28.5 Å². The average molecular weight is 691 g/mol. The maximum absolute atomic E-state index is 15.6. The van der Waals surface area contributed by atoms with E-state index < -0.39 is 42.6 Å². The van der Waals surface area contributed by atoms with Crippen LogP contribution in [0.3, 0.4) is 0 Å². The maximum Gasteiger partial charge on any atom is 0.406 e. The zero-order valence-corrected chi connectivity index (χ0v) is 27.4. The third-order valence-corrected chi connectivity index (χ3v) is 8.73. The summed E-state index contributed by atoms with van der Waals surface area (Å²) in [5.74, 6) is 3.58. The molecule has 49 heavy (non-hydrogen) atoms. The van der Waals surface area contributed by atoms with Crippen molar-refractivity contribution in [1.29, 1.82) is 0 Å². The molecular formula is C34H39F5N6O4. The van der Waals surface area contributed by atoms with E-state index in [0.29, 0.717) is 26.3 Å². The second kappa shape index (κ2) is 15.4. The lowest BCUT2D eigenvalue weighted by molar-refractivity contribution is -0.140. The first-order valence-electron chi connectivity index (χ1n) is 16.1. The van der Waals surface area contributed by atoms with E-state index >= 15 is 4.39 Å². The van der Waals surface area contributed by atoms with Gasteiger partial charge in [-0.25, -0.2) is 13.8 Å². The van der Waals surface area contributed by atoms with Crippen molar-refractivity contribution in [1.82, 2.24) is 25.1 Å². The van der Waals surface area contributed by atoms with Crippen LogP contribution in [0.4, 0.5) is 27.6 Å². The molecule has 3 atom stereocenters. The monoisotopic (exact) mass is 690 g/mol. The largest absolute Gasteiger partial charge is 0.495 e. The van der Waals surface area contributed by atoms with E-state index in [4.69, 9.17) is 9.47 Å². The summed E-state index contributed by atoms with van der Waals surface area (Å²) in [7, 11) is 1.36. The highest BCUT2D eigenvalue weighted by atomic mass is 19.4. The van der Waals surface area contributed by atoms with Crippen LogP contribution in [0, 0.1) is 23.6 Å². The Hall–Kier alpha value is -4.42. The van der Waals surface area contributed by atoms with Crippen molar-refractivity contribution in [3.05, 3.63) is 53.1 Å². The fraction of sp³-hybridized carbons (Fsp3) is 0.500. The number of nitrogens with zero attached hydrogens (tertiary/aromatic N) is 3. The number of nitrogens with one attached hydrogen (secondary N) is 3. The number of likely N-dealkylation sites (tertiary alicyclic amines) is 1. The van der Waals surface area contributed by atoms with Gasteiger partial charge in [-0.05, 0) is 43.9 Å². The number of alkyl halides is 4. The van der Waals surface area contributed by atoms with E-state index in [0.717, 1.165) is 29.8 Å². The Morgan fingerprint density at radius 2 is 1.86 bits per heavy atom. The standard InChI is InChI=1S/C34H39F5N6O4/c1-4-40-32(46)23-14-29(48-3)27(15-25(23)35)41-9-5-6-21-12-24(31-28(13-21)45(19-42-31)18-34(37,38)39)33(47)43-30-20(2)16-44(17-26(30)36)22-7-10-49-11-8-22/h12-15,19-20,22,26,30,41H,4,7-11,16-18H2,1-3H3,(H,40,46)(H,43,47)/t20-,26-,30+/m0/s1. The molecule has 0 bridgehead atoms. The Labute approximate surface area is 280 Å². The number of carbonyl (C=O) groups excluding carboxylic acids is 2. The highest BCUT2D eigenvalue weighted by molar-refractivity contribution is 6.05. The number of amides is 2. The number of halogens is 5. The highest BCUT2D eigenvalue weighted by Gasteiger charge is 2.39. The molecule has 0 aliphatic carbocycles. The first kappa shape index (κ1) is 35.9. The highest BCUT2D eigenvalue weighted by Crippen LogP contribution is 2.29. The molecule has 5 rings (SSSR count). The number of piperidine rings is 1. The van der Waals surface area contributed by atoms with Gasteiger partial charge in [0, 0.05) is 50.5 Å². The minimum Gasteiger partial charge on any atom is -0.495 e. The molecule has 264 valence electrons. The number of fused-ring (bicyclic) bond motifs is 1. The van der Waals surface area contributed by atoms with Gasteiger partial charge >= 0.3 is 6.18 Å². The van der Waals surface area contributed by atoms with Crippen LogP contribution in [0.2, 0.25) is 0 Å². The molecule has 3 N–H and O–H groups in total. The predicted molar refractivity (Wildman–Crippen MR) is 173 cm³/mol. The second-order valence-electron chi connectivity index (χ2n) is 12.2. The van der Waals surface area contributed by atoms with Gasteiger partial charge in [0.15, 0.2) is 0 Å². The molecule has 0 radical (unpaired) electrons. The number of aromatic nitrogens is 2. The Bertz CT molecular complexity index is 1720. The Balaban J connectivity index is 1.37. The number of imidazole rings is 1. The molecule has 2 saturated heterocycles. The van der Waals surface area contributed by atoms with E-state index in [-0.39, 0.29) is 64.2 Å². The number of hydrogen-bond donors (Lipinski definition) is 3. The summed E-state index contributed by atoms with van der Waals surface area (Å²) < 4.78 is 82.1. The van der Waals surface area contributed by atoms with Crippen molar-refractivity contribution in [3.63, 3.8) is 0 Å². The third-order valence-electron chi connectivity index (χ3n) is 8.73. The van der Waals surface area contributed by atoms with Crippen molar-refractivity contribution < 1.29 is 41.0 Å². The van der Waals surface area contributed by atoms with Gasteiger partial charge in [0.05, 0.1) is 48.4 Å². The summed E-state index contributed by atoms with van der Waals surface area (Å²) >= 11 is 0. The second-order valence-corrected chi connectivity index (χ2v) is 12.2. The number of rotatable bonds is 9. The lowest BCUT2D eigenvalue weighted by atomic mass is 9.89. The summed E-state index contributed by atoms with van der Waals surface area (Å²) in [6, 6.07) is 4.55. The van der Waals surface area contributed by atoms with Gasteiger partial charge < -0.3 is 30.0 Å². The molecule has 2 amide bonds. The quantitative estimate of drug-likeness (QED) is 0.224. The molecule has 2 aliphatic rings. The van der Waals surface area contributed by atoms with Crippen LogP contribution in [0.1, 0.15) is 53.0 Å². The van der Waals surface area contributed by atoms with Crippen LogP contribution in [-0.4, -0.2) is 97.2 Å². The maximum atomic E-state index is 15.6. The van der Waals surface area contributed by atoms with Crippen LogP contribution < -0.4 is 20.7 Å². The summed E-state index contributed by atoms with van der Waals surface area (Å²) in [4.78, 5) is 32.0. The molecule has 3 heterocycles. The molecule has 0 saturated carbocycles. The van der Waals surface area contributed by atoms with Crippen LogP contribution >= 0.6 is 0 Å². The first-order chi connectivity index (χ1) is 23.4. The van der Waals surface area contributed by atoms with Crippen LogP contribution in [0.5, 0.6) is 5.75 Å². The average Bonchev–Trinajstić information content (AvgIpc) is 3.45. The normalized spacial score (nSPS) is 20.4. The predicted octanol–water partition coefficient (Wildman–Crippen LogP) is 4.53. The van der Waals surface area contributed by atoms with Gasteiger partial charge in [0.2, 0.25) is 0 Å². The fourth-order valence-electron chi connectivity index (χ4n) is 6.37. The molecule has 1 aromatic heterocycles. The van der Waals surface area contributed by atoms with Gasteiger partial charge in [-0.3, -0.25) is 14.5 Å². The summed E-state index contributed by atoms with van der Waals surface area (Å²) in [6.07, 6.45) is -3.29. The zero-order chi connectivity index (χ0) is 35.3. The zero-order valence-electron chi connectivity index (χ0n) is 27.4. The molecule has 0 unspecified atom stereocenters. The molecule has 3 aromatic rings. The fourth-order valence-corrected chi connectivity index (χ4v) is 6.37. The third kappa shape index (κ3) is 8.60. The van der Waals surface area contributed by atoms with Crippen molar-refractivity contribution in [3.8, 4) is 17.6 Å². The van der Waals surface area contributed by atoms with Crippen molar-refractivity contribution in [2.45, 2.75) is 57.7 Å². The van der Waals surface area contributed by atoms with E-state index in [1.54, 1.807) is 6.92 Å². The molecule has 10 nitrogen and oxygen atoms in total. The first-order valence-corrected chi connectivity index (χ1v) is 16.1. The van der Waals surface area contributed by atoms with E-state index in [2.05, 4.69) is 37.7 Å². The molecule has 15 heteroatoms. The number of methoxy groups -OCH3 is 1. The van der Waals surface area contributed by atoms with Crippen LogP contribution in [-0.2, 0) is 11.3 Å². The number of benzene rings is 2. The number of carbonyl (C=O) groups is 2. The number of anilines is 1. The Morgan fingerprint density at radius 1 is 1.10 bits per heavy atom. The van der Waals surface area contributed by atoms with Crippen LogP contribution in [0.25, 0.3) is 11.0 Å². The van der Waals surface area contributed by atoms with Gasteiger partial charge in [0.25, 0.3) is 11.8 Å². The summed E-state index contributed by atoms with van der Waals surface area (Å²) in [5.41, 5.74) is 0.271. The summed E-state index contributed by atoms with van der Waals surface area (Å²) in [6.45, 7) is 4.46. The van der Waals surface area contributed by atoms with E-state index in [9.17, 15) is 27.2 Å². The molecule has 0 spiro atoms. The smallest absolute Gasteiger partial charge is 0.406 e. The molecule has 2 fully saturated rings. The molecule has 2 aliphatic heterocycles. The van der Waals surface area contributed by atoms with E-state index in [1.165, 1.54) is 25.3 Å². The van der Waals surface area contributed by atoms with Gasteiger partial charge in [-0.2, -0.15) is 13.2 Å². The van der Waals surface area contributed by atoms with Crippen molar-refractivity contribution in [2.24, 2.45) is 5.92 Å².